The molecule has 0 saturated heterocycles. The SMILES string of the molecule is C=C(C)C1CC=C(C)/C(=N\NC(=O)COc2c(C)cc(Br)cc2Br)C1. The van der Waals surface area contributed by atoms with Gasteiger partial charge in [-0.05, 0) is 78.7 Å². The van der Waals surface area contributed by atoms with E-state index in [0.717, 1.165) is 44.2 Å². The minimum Gasteiger partial charge on any atom is -0.482 e. The van der Waals surface area contributed by atoms with Crippen LogP contribution in [0, 0.1) is 12.8 Å². The summed E-state index contributed by atoms with van der Waals surface area (Å²) < 4.78 is 7.38. The number of nitrogens with one attached hydrogen (secondary N) is 1. The number of ether oxygens (including phenoxy) is 1. The third-order valence-corrected chi connectivity index (χ3v) is 5.20. The summed E-state index contributed by atoms with van der Waals surface area (Å²) in [7, 11) is 0. The van der Waals surface area contributed by atoms with Crippen LogP contribution in [-0.2, 0) is 4.79 Å². The molecule has 1 unspecified atom stereocenters. The summed E-state index contributed by atoms with van der Waals surface area (Å²) in [4.78, 5) is 12.1. The first-order chi connectivity index (χ1) is 11.8. The normalized spacial score (nSPS) is 18.7. The predicted molar refractivity (Wildman–Crippen MR) is 109 cm³/mol. The molecule has 2 rings (SSSR count). The number of rotatable bonds is 5. The van der Waals surface area contributed by atoms with Crippen molar-refractivity contribution in [2.75, 3.05) is 6.61 Å². The lowest BCUT2D eigenvalue weighted by atomic mass is 9.85. The van der Waals surface area contributed by atoms with Crippen molar-refractivity contribution in [3.63, 3.8) is 0 Å². The molecule has 0 aromatic heterocycles. The van der Waals surface area contributed by atoms with Crippen molar-refractivity contribution in [1.29, 1.82) is 0 Å². The molecule has 134 valence electrons. The maximum absolute atomic E-state index is 12.1. The number of hydrogen-bond donors (Lipinski definition) is 1. The van der Waals surface area contributed by atoms with E-state index in [-0.39, 0.29) is 12.5 Å². The van der Waals surface area contributed by atoms with Crippen LogP contribution < -0.4 is 10.2 Å². The molecule has 1 amide bonds. The lowest BCUT2D eigenvalue weighted by Gasteiger charge is -2.22. The van der Waals surface area contributed by atoms with Gasteiger partial charge in [-0.1, -0.05) is 34.2 Å². The third-order valence-electron chi connectivity index (χ3n) is 4.16. The zero-order valence-electron chi connectivity index (χ0n) is 14.7. The van der Waals surface area contributed by atoms with Crippen LogP contribution in [0.4, 0.5) is 0 Å². The lowest BCUT2D eigenvalue weighted by Crippen LogP contribution is -2.27. The number of benzene rings is 1. The molecule has 0 saturated carbocycles. The summed E-state index contributed by atoms with van der Waals surface area (Å²) >= 11 is 6.87. The summed E-state index contributed by atoms with van der Waals surface area (Å²) in [6.07, 6.45) is 3.93. The monoisotopic (exact) mass is 468 g/mol. The second kappa shape index (κ2) is 8.81. The quantitative estimate of drug-likeness (QED) is 0.469. The van der Waals surface area contributed by atoms with Crippen LogP contribution in [0.1, 0.15) is 32.3 Å². The molecule has 1 aromatic rings. The molecule has 0 aliphatic heterocycles. The number of amides is 1. The number of hydrogen-bond acceptors (Lipinski definition) is 3. The van der Waals surface area contributed by atoms with Crippen molar-refractivity contribution in [3.05, 3.63) is 50.4 Å². The van der Waals surface area contributed by atoms with Crippen molar-refractivity contribution in [3.8, 4) is 5.75 Å². The Kier molecular flexibility index (Phi) is 7.02. The first-order valence-electron chi connectivity index (χ1n) is 8.04. The Morgan fingerprint density at radius 2 is 2.12 bits per heavy atom. The Morgan fingerprint density at radius 1 is 1.40 bits per heavy atom. The first-order valence-corrected chi connectivity index (χ1v) is 9.63. The topological polar surface area (TPSA) is 50.7 Å². The van der Waals surface area contributed by atoms with E-state index in [1.54, 1.807) is 0 Å². The summed E-state index contributed by atoms with van der Waals surface area (Å²) in [5.74, 6) is 0.756. The Bertz CT molecular complexity index is 731. The second-order valence-corrected chi connectivity index (χ2v) is 8.06. The minimum absolute atomic E-state index is 0.0927. The lowest BCUT2D eigenvalue weighted by molar-refractivity contribution is -0.123. The fourth-order valence-electron chi connectivity index (χ4n) is 2.60. The molecule has 1 atom stereocenters. The van der Waals surface area contributed by atoms with E-state index in [1.165, 1.54) is 0 Å². The van der Waals surface area contributed by atoms with E-state index in [9.17, 15) is 4.79 Å². The van der Waals surface area contributed by atoms with Crippen LogP contribution in [0.3, 0.4) is 0 Å². The number of halogens is 2. The smallest absolute Gasteiger partial charge is 0.277 e. The molecule has 25 heavy (non-hydrogen) atoms. The van der Waals surface area contributed by atoms with Crippen molar-refractivity contribution in [2.45, 2.75) is 33.6 Å². The summed E-state index contributed by atoms with van der Waals surface area (Å²) in [5, 5.41) is 4.28. The molecular formula is C19H22Br2N2O2. The Balaban J connectivity index is 1.96. The van der Waals surface area contributed by atoms with Gasteiger partial charge in [-0.15, -0.1) is 0 Å². The Morgan fingerprint density at radius 3 is 2.76 bits per heavy atom. The fraction of sp³-hybridized carbons (Fsp3) is 0.368. The maximum Gasteiger partial charge on any atom is 0.277 e. The number of aryl methyl sites for hydroxylation is 1. The summed E-state index contributed by atoms with van der Waals surface area (Å²) in [6, 6.07) is 3.82. The van der Waals surface area contributed by atoms with Crippen LogP contribution >= 0.6 is 31.9 Å². The van der Waals surface area contributed by atoms with Crippen molar-refractivity contribution < 1.29 is 9.53 Å². The van der Waals surface area contributed by atoms with Crippen molar-refractivity contribution in [2.24, 2.45) is 11.0 Å². The third kappa shape index (κ3) is 5.54. The van der Waals surface area contributed by atoms with Crippen LogP contribution in [-0.4, -0.2) is 18.2 Å². The highest BCUT2D eigenvalue weighted by Crippen LogP contribution is 2.32. The summed E-state index contributed by atoms with van der Waals surface area (Å²) in [5.41, 5.74) is 6.67. The Labute approximate surface area is 165 Å². The molecule has 1 aliphatic rings. The van der Waals surface area contributed by atoms with Crippen LogP contribution in [0.5, 0.6) is 5.75 Å². The molecule has 0 radical (unpaired) electrons. The van der Waals surface area contributed by atoms with Crippen LogP contribution in [0.2, 0.25) is 0 Å². The number of carbonyl (C=O) groups excluding carboxylic acids is 1. The van der Waals surface area contributed by atoms with Crippen LogP contribution in [0.15, 0.2) is 50.0 Å². The van der Waals surface area contributed by atoms with Crippen molar-refractivity contribution >= 4 is 43.5 Å². The van der Waals surface area contributed by atoms with Crippen molar-refractivity contribution in [1.82, 2.24) is 5.43 Å². The summed E-state index contributed by atoms with van der Waals surface area (Å²) in [6.45, 7) is 9.90. The van der Waals surface area contributed by atoms with Gasteiger partial charge in [0.15, 0.2) is 6.61 Å². The van der Waals surface area contributed by atoms with E-state index in [2.05, 4.69) is 55.0 Å². The molecule has 0 fully saturated rings. The van der Waals surface area contributed by atoms with Crippen LogP contribution in [0.25, 0.3) is 0 Å². The first kappa shape index (κ1) is 19.9. The largest absolute Gasteiger partial charge is 0.482 e. The van der Waals surface area contributed by atoms with Gasteiger partial charge < -0.3 is 4.74 Å². The highest BCUT2D eigenvalue weighted by molar-refractivity contribution is 9.11. The van der Waals surface area contributed by atoms with E-state index in [1.807, 2.05) is 32.9 Å². The van der Waals surface area contributed by atoms with Gasteiger partial charge in [-0.25, -0.2) is 5.43 Å². The van der Waals surface area contributed by atoms with Gasteiger partial charge in [0, 0.05) is 4.47 Å². The molecule has 0 bridgehead atoms. The number of nitrogens with zero attached hydrogens (tertiary/aromatic N) is 1. The molecular weight excluding hydrogens is 448 g/mol. The predicted octanol–water partition coefficient (Wildman–Crippen LogP) is 5.30. The number of allylic oxidation sites excluding steroid dienone is 3. The standard InChI is InChI=1S/C19H22Br2N2O2/c1-11(2)14-6-5-12(3)17(8-14)22-23-18(24)10-25-19-13(4)7-15(20)9-16(19)21/h5,7,9,14H,1,6,8,10H2,2-4H3,(H,23,24)/b22-17-. The van der Waals surface area contributed by atoms with Gasteiger partial charge in [-0.3, -0.25) is 4.79 Å². The van der Waals surface area contributed by atoms with Gasteiger partial charge in [0.2, 0.25) is 0 Å². The van der Waals surface area contributed by atoms with Gasteiger partial charge in [0.05, 0.1) is 10.2 Å². The van der Waals surface area contributed by atoms with Gasteiger partial charge >= 0.3 is 0 Å². The van der Waals surface area contributed by atoms with Gasteiger partial charge in [0.1, 0.15) is 5.75 Å². The number of carbonyl (C=O) groups is 1. The fourth-order valence-corrected chi connectivity index (χ4v) is 4.15. The second-order valence-electron chi connectivity index (χ2n) is 6.29. The average Bonchev–Trinajstić information content (AvgIpc) is 2.52. The molecule has 4 nitrogen and oxygen atoms in total. The highest BCUT2D eigenvalue weighted by atomic mass is 79.9. The number of hydrazone groups is 1. The molecule has 1 aliphatic carbocycles. The average molecular weight is 470 g/mol. The van der Waals surface area contributed by atoms with E-state index < -0.39 is 0 Å². The zero-order chi connectivity index (χ0) is 18.6. The van der Waals surface area contributed by atoms with E-state index in [0.29, 0.717) is 11.7 Å². The molecule has 1 N–H and O–H groups in total. The van der Waals surface area contributed by atoms with E-state index >= 15 is 0 Å². The van der Waals surface area contributed by atoms with Gasteiger partial charge in [0.25, 0.3) is 5.91 Å². The molecule has 6 heteroatoms. The van der Waals surface area contributed by atoms with Gasteiger partial charge in [-0.2, -0.15) is 5.10 Å². The Hall–Kier alpha value is -1.40. The molecule has 0 spiro atoms. The molecule has 0 heterocycles. The zero-order valence-corrected chi connectivity index (χ0v) is 17.8. The maximum atomic E-state index is 12.1. The minimum atomic E-state index is -0.285. The van der Waals surface area contributed by atoms with E-state index in [4.69, 9.17) is 4.74 Å². The highest BCUT2D eigenvalue weighted by Gasteiger charge is 2.19. The molecule has 1 aromatic carbocycles.